The monoisotopic (exact) mass is 366 g/mol. The highest BCUT2D eigenvalue weighted by Gasteiger charge is 2.64. The molecule has 144 valence electrons. The van der Waals surface area contributed by atoms with E-state index in [0.717, 1.165) is 0 Å². The van der Waals surface area contributed by atoms with Gasteiger partial charge in [0.2, 0.25) is 0 Å². The van der Waals surface area contributed by atoms with Gasteiger partial charge in [-0.1, -0.05) is 0 Å². The molecule has 1 saturated carbocycles. The minimum atomic E-state index is -2.07. The van der Waals surface area contributed by atoms with Crippen molar-refractivity contribution in [3.8, 4) is 0 Å². The van der Waals surface area contributed by atoms with Gasteiger partial charge in [0.25, 0.3) is 6.02 Å². The fraction of sp³-hybridized carbons (Fsp3) is 0.923. The third kappa shape index (κ3) is 2.79. The van der Waals surface area contributed by atoms with E-state index in [-0.39, 0.29) is 6.02 Å². The van der Waals surface area contributed by atoms with Crippen molar-refractivity contribution in [2.75, 3.05) is 13.2 Å². The minimum Gasteiger partial charge on any atom is -0.457 e. The molecule has 1 aliphatic carbocycles. The summed E-state index contributed by atoms with van der Waals surface area (Å²) in [7, 11) is 0. The smallest absolute Gasteiger partial charge is 0.288 e. The zero-order valence-corrected chi connectivity index (χ0v) is 13.0. The maximum Gasteiger partial charge on any atom is 0.288 e. The van der Waals surface area contributed by atoms with Crippen molar-refractivity contribution < 1.29 is 50.3 Å². The van der Waals surface area contributed by atoms with Gasteiger partial charge in [0.15, 0.2) is 12.3 Å². The zero-order chi connectivity index (χ0) is 18.5. The number of nitrogens with one attached hydrogen (secondary N) is 1. The lowest BCUT2D eigenvalue weighted by Crippen LogP contribution is -2.58. The van der Waals surface area contributed by atoms with Crippen LogP contribution in [0.5, 0.6) is 0 Å². The number of rotatable bonds is 3. The quantitative estimate of drug-likeness (QED) is 0.230. The summed E-state index contributed by atoms with van der Waals surface area (Å²) in [5.74, 6) is 0. The minimum absolute atomic E-state index is 0.267. The Labute approximate surface area is 141 Å². The average Bonchev–Trinajstić information content (AvgIpc) is 3.10. The molecule has 25 heavy (non-hydrogen) atoms. The molecule has 0 spiro atoms. The number of aliphatic hydroxyl groups excluding tert-OH is 7. The molecule has 2 saturated heterocycles. The standard InChI is InChI=1S/C13H22N2O10/c16-1-3-4(18)5(19)6(20)11(24-3)15-12-14-9-8(25-12)7(21)10(22)13(9,23)2-17/h3-11,16-23H,1-2H2,(H,14,15). The van der Waals surface area contributed by atoms with E-state index in [9.17, 15) is 35.7 Å². The van der Waals surface area contributed by atoms with Crippen LogP contribution in [-0.4, -0.2) is 121 Å². The van der Waals surface area contributed by atoms with Crippen molar-refractivity contribution >= 4 is 6.02 Å². The van der Waals surface area contributed by atoms with E-state index >= 15 is 0 Å². The molecule has 10 unspecified atom stereocenters. The number of aliphatic hydroxyl groups is 8. The van der Waals surface area contributed by atoms with Crippen molar-refractivity contribution in [1.29, 1.82) is 0 Å². The van der Waals surface area contributed by atoms with Crippen LogP contribution in [0.1, 0.15) is 0 Å². The molecule has 3 aliphatic rings. The molecule has 2 heterocycles. The summed E-state index contributed by atoms with van der Waals surface area (Å²) in [5.41, 5.74) is -2.07. The predicted octanol–water partition coefficient (Wildman–Crippen LogP) is -6.04. The van der Waals surface area contributed by atoms with Crippen LogP contribution in [0.4, 0.5) is 0 Å². The number of amidine groups is 1. The van der Waals surface area contributed by atoms with Gasteiger partial charge in [0.1, 0.15) is 48.3 Å². The van der Waals surface area contributed by atoms with Gasteiger partial charge in [-0.25, -0.2) is 4.99 Å². The molecule has 2 aliphatic heterocycles. The van der Waals surface area contributed by atoms with E-state index in [2.05, 4.69) is 10.3 Å². The molecule has 0 bridgehead atoms. The maximum absolute atomic E-state index is 10.3. The van der Waals surface area contributed by atoms with Gasteiger partial charge in [-0.05, 0) is 0 Å². The molecule has 9 N–H and O–H groups in total. The van der Waals surface area contributed by atoms with Gasteiger partial charge in [0, 0.05) is 0 Å². The van der Waals surface area contributed by atoms with E-state index in [1.54, 1.807) is 0 Å². The van der Waals surface area contributed by atoms with E-state index in [1.165, 1.54) is 0 Å². The molecule has 0 aromatic rings. The molecule has 0 radical (unpaired) electrons. The first kappa shape index (κ1) is 18.7. The third-order valence-corrected chi connectivity index (χ3v) is 4.93. The van der Waals surface area contributed by atoms with Crippen LogP contribution in [0.25, 0.3) is 0 Å². The lowest BCUT2D eigenvalue weighted by molar-refractivity contribution is -0.227. The molecule has 12 nitrogen and oxygen atoms in total. The molecule has 0 amide bonds. The van der Waals surface area contributed by atoms with Gasteiger partial charge in [0.05, 0.1) is 13.2 Å². The first-order valence-electron chi connectivity index (χ1n) is 7.75. The van der Waals surface area contributed by atoms with Crippen molar-refractivity contribution in [3.05, 3.63) is 0 Å². The largest absolute Gasteiger partial charge is 0.457 e. The Bertz CT molecular complexity index is 533. The van der Waals surface area contributed by atoms with Crippen LogP contribution < -0.4 is 5.32 Å². The van der Waals surface area contributed by atoms with E-state index in [4.69, 9.17) is 14.6 Å². The van der Waals surface area contributed by atoms with Crippen LogP contribution in [0, 0.1) is 0 Å². The molecule has 3 rings (SSSR count). The first-order chi connectivity index (χ1) is 11.7. The molecule has 0 aromatic carbocycles. The highest BCUT2D eigenvalue weighted by atomic mass is 16.6. The van der Waals surface area contributed by atoms with Gasteiger partial charge >= 0.3 is 0 Å². The van der Waals surface area contributed by atoms with Crippen LogP contribution >= 0.6 is 0 Å². The fourth-order valence-corrected chi connectivity index (χ4v) is 3.35. The number of aliphatic imine (C=N–C) groups is 1. The van der Waals surface area contributed by atoms with Crippen LogP contribution in [-0.2, 0) is 9.47 Å². The molecule has 12 heteroatoms. The Kier molecular flexibility index (Phi) is 4.91. The number of hydrogen-bond acceptors (Lipinski definition) is 11. The molecular weight excluding hydrogens is 344 g/mol. The third-order valence-electron chi connectivity index (χ3n) is 4.93. The van der Waals surface area contributed by atoms with E-state index < -0.39 is 73.8 Å². The van der Waals surface area contributed by atoms with Crippen molar-refractivity contribution in [2.45, 2.75) is 60.6 Å². The van der Waals surface area contributed by atoms with Gasteiger partial charge in [-0.2, -0.15) is 0 Å². The van der Waals surface area contributed by atoms with Gasteiger partial charge < -0.3 is 55.6 Å². The lowest BCUT2D eigenvalue weighted by Gasteiger charge is -2.38. The summed E-state index contributed by atoms with van der Waals surface area (Å²) >= 11 is 0. The molecule has 3 fully saturated rings. The zero-order valence-electron chi connectivity index (χ0n) is 13.0. The predicted molar refractivity (Wildman–Crippen MR) is 77.0 cm³/mol. The van der Waals surface area contributed by atoms with Crippen molar-refractivity contribution in [3.63, 3.8) is 0 Å². The van der Waals surface area contributed by atoms with Crippen LogP contribution in [0.3, 0.4) is 0 Å². The average molecular weight is 366 g/mol. The second-order valence-electron chi connectivity index (χ2n) is 6.44. The highest BCUT2D eigenvalue weighted by Crippen LogP contribution is 2.36. The SMILES string of the molecule is OCC1OC(N=C2NC3C(O2)C(O)C(O)C3(O)CO)C(O)C(O)C1O. The summed E-state index contributed by atoms with van der Waals surface area (Å²) in [4.78, 5) is 3.88. The Morgan fingerprint density at radius 1 is 1.00 bits per heavy atom. The fourth-order valence-electron chi connectivity index (χ4n) is 3.35. The Morgan fingerprint density at radius 3 is 2.28 bits per heavy atom. The lowest BCUT2D eigenvalue weighted by atomic mass is 9.96. The summed E-state index contributed by atoms with van der Waals surface area (Å²) < 4.78 is 10.5. The Morgan fingerprint density at radius 2 is 1.68 bits per heavy atom. The molecule has 0 aromatic heterocycles. The molecule has 10 atom stereocenters. The van der Waals surface area contributed by atoms with Gasteiger partial charge in [-0.15, -0.1) is 0 Å². The summed E-state index contributed by atoms with van der Waals surface area (Å²) in [5, 5.41) is 80.5. The number of fused-ring (bicyclic) bond motifs is 1. The van der Waals surface area contributed by atoms with E-state index in [1.807, 2.05) is 0 Å². The normalized spacial score (nSPS) is 54.2. The van der Waals surface area contributed by atoms with Crippen LogP contribution in [0.2, 0.25) is 0 Å². The second kappa shape index (κ2) is 6.57. The van der Waals surface area contributed by atoms with Crippen molar-refractivity contribution in [1.82, 2.24) is 5.32 Å². The second-order valence-corrected chi connectivity index (χ2v) is 6.44. The van der Waals surface area contributed by atoms with Gasteiger partial charge in [-0.3, -0.25) is 0 Å². The Hall–Kier alpha value is -1.09. The van der Waals surface area contributed by atoms with Crippen molar-refractivity contribution in [2.24, 2.45) is 4.99 Å². The summed E-state index contributed by atoms with van der Waals surface area (Å²) in [6.45, 7) is -1.48. The maximum atomic E-state index is 10.3. The van der Waals surface area contributed by atoms with Crippen LogP contribution in [0.15, 0.2) is 4.99 Å². The number of hydrogen-bond donors (Lipinski definition) is 9. The summed E-state index contributed by atoms with van der Waals surface area (Å²) in [6, 6.07) is -1.34. The highest BCUT2D eigenvalue weighted by molar-refractivity contribution is 5.77. The molecular formula is C13H22N2O10. The number of nitrogens with zero attached hydrogens (tertiary/aromatic N) is 1. The Balaban J connectivity index is 1.78. The topological polar surface area (TPSA) is 205 Å². The summed E-state index contributed by atoms with van der Waals surface area (Å²) in [6.07, 6.45) is -11.6. The number of ether oxygens (including phenoxy) is 2. The van der Waals surface area contributed by atoms with E-state index in [0.29, 0.717) is 0 Å². The first-order valence-corrected chi connectivity index (χ1v) is 7.75.